The zero-order valence-electron chi connectivity index (χ0n) is 10.7. The third-order valence-corrected chi connectivity index (χ3v) is 2.97. The average Bonchev–Trinajstić information content (AvgIpc) is 2.41. The molecule has 0 aromatic rings. The maximum atomic E-state index is 8.80. The fourth-order valence-corrected chi connectivity index (χ4v) is 2.21. The lowest BCUT2D eigenvalue weighted by atomic mass is 9.92. The quantitative estimate of drug-likeness (QED) is 0.510. The minimum atomic E-state index is -0.124. The molecule has 1 saturated carbocycles. The van der Waals surface area contributed by atoms with Crippen LogP contribution >= 0.6 is 0 Å². The van der Waals surface area contributed by atoms with Crippen LogP contribution in [0, 0.1) is 0 Å². The highest BCUT2D eigenvalue weighted by Crippen LogP contribution is 2.26. The number of hydrogen-bond donors (Lipinski definition) is 3. The van der Waals surface area contributed by atoms with Gasteiger partial charge in [0, 0.05) is 6.42 Å². The van der Waals surface area contributed by atoms with Crippen LogP contribution in [0.1, 0.15) is 19.3 Å². The Morgan fingerprint density at radius 3 is 1.89 bits per heavy atom. The Labute approximate surface area is 107 Å². The number of aliphatic hydroxyl groups excluding tert-OH is 3. The molecule has 1 fully saturated rings. The second kappa shape index (κ2) is 9.66. The number of rotatable bonds is 9. The molecule has 6 heteroatoms. The van der Waals surface area contributed by atoms with Crippen LogP contribution in [-0.2, 0) is 14.2 Å². The molecule has 6 nitrogen and oxygen atoms in total. The summed E-state index contributed by atoms with van der Waals surface area (Å²) in [6.45, 7) is 0.893. The first-order valence-corrected chi connectivity index (χ1v) is 6.49. The average molecular weight is 264 g/mol. The largest absolute Gasteiger partial charge is 0.394 e. The van der Waals surface area contributed by atoms with Crippen molar-refractivity contribution in [1.82, 2.24) is 0 Å². The Kier molecular flexibility index (Phi) is 8.49. The first kappa shape index (κ1) is 15.8. The molecule has 1 aliphatic rings. The standard InChI is InChI=1S/C12H24O6/c13-3-6-16-10-1-2-11(17-7-4-14)12(9-10)18-8-5-15/h10-15H,1-9H2. The van der Waals surface area contributed by atoms with Gasteiger partial charge in [-0.25, -0.2) is 0 Å². The fourth-order valence-electron chi connectivity index (χ4n) is 2.21. The zero-order valence-corrected chi connectivity index (χ0v) is 10.7. The third kappa shape index (κ3) is 5.60. The summed E-state index contributed by atoms with van der Waals surface area (Å²) in [5.41, 5.74) is 0. The Bertz CT molecular complexity index is 201. The predicted molar refractivity (Wildman–Crippen MR) is 64.3 cm³/mol. The first-order valence-electron chi connectivity index (χ1n) is 6.49. The van der Waals surface area contributed by atoms with Crippen LogP contribution in [0.2, 0.25) is 0 Å². The molecule has 0 spiro atoms. The van der Waals surface area contributed by atoms with E-state index in [-0.39, 0.29) is 44.7 Å². The molecule has 0 aromatic carbocycles. The second-order valence-electron chi connectivity index (χ2n) is 4.30. The van der Waals surface area contributed by atoms with Crippen molar-refractivity contribution in [2.75, 3.05) is 39.6 Å². The van der Waals surface area contributed by atoms with Crippen molar-refractivity contribution in [2.24, 2.45) is 0 Å². The van der Waals surface area contributed by atoms with E-state index in [0.29, 0.717) is 19.6 Å². The van der Waals surface area contributed by atoms with Gasteiger partial charge in [0.1, 0.15) is 0 Å². The van der Waals surface area contributed by atoms with Gasteiger partial charge in [-0.15, -0.1) is 0 Å². The molecule has 1 aliphatic carbocycles. The minimum Gasteiger partial charge on any atom is -0.394 e. The molecule has 3 N–H and O–H groups in total. The fraction of sp³-hybridized carbons (Fsp3) is 1.00. The van der Waals surface area contributed by atoms with Gasteiger partial charge in [-0.2, -0.15) is 0 Å². The molecule has 1 rings (SSSR count). The molecule has 3 atom stereocenters. The van der Waals surface area contributed by atoms with Crippen LogP contribution in [0.3, 0.4) is 0 Å². The SMILES string of the molecule is OCCOC1CCC(OCCO)C(OCCO)C1. The van der Waals surface area contributed by atoms with E-state index in [1.807, 2.05) is 0 Å². The summed E-state index contributed by atoms with van der Waals surface area (Å²) in [5, 5.41) is 26.3. The van der Waals surface area contributed by atoms with Crippen LogP contribution in [0.4, 0.5) is 0 Å². The van der Waals surface area contributed by atoms with E-state index in [1.54, 1.807) is 0 Å². The van der Waals surface area contributed by atoms with Crippen molar-refractivity contribution < 1.29 is 29.5 Å². The summed E-state index contributed by atoms with van der Waals surface area (Å²) in [6, 6.07) is 0. The van der Waals surface area contributed by atoms with E-state index in [4.69, 9.17) is 29.5 Å². The normalized spacial score (nSPS) is 28.5. The Morgan fingerprint density at radius 1 is 0.722 bits per heavy atom. The van der Waals surface area contributed by atoms with Crippen molar-refractivity contribution in [2.45, 2.75) is 37.6 Å². The molecule has 0 bridgehead atoms. The molecule has 0 radical (unpaired) electrons. The second-order valence-corrected chi connectivity index (χ2v) is 4.30. The molecular weight excluding hydrogens is 240 g/mol. The van der Waals surface area contributed by atoms with Gasteiger partial charge in [0.05, 0.1) is 58.0 Å². The first-order chi connectivity index (χ1) is 8.81. The highest BCUT2D eigenvalue weighted by Gasteiger charge is 2.32. The van der Waals surface area contributed by atoms with E-state index >= 15 is 0 Å². The lowest BCUT2D eigenvalue weighted by Crippen LogP contribution is -2.41. The summed E-state index contributed by atoms with van der Waals surface area (Å²) in [7, 11) is 0. The number of aliphatic hydroxyl groups is 3. The van der Waals surface area contributed by atoms with Crippen molar-refractivity contribution in [3.8, 4) is 0 Å². The van der Waals surface area contributed by atoms with Gasteiger partial charge in [0.25, 0.3) is 0 Å². The molecule has 0 aliphatic heterocycles. The summed E-state index contributed by atoms with van der Waals surface area (Å²) in [5.74, 6) is 0. The van der Waals surface area contributed by atoms with E-state index in [2.05, 4.69) is 0 Å². The van der Waals surface area contributed by atoms with E-state index < -0.39 is 0 Å². The molecular formula is C12H24O6. The van der Waals surface area contributed by atoms with Crippen LogP contribution in [0.15, 0.2) is 0 Å². The van der Waals surface area contributed by atoms with E-state index in [0.717, 1.165) is 12.8 Å². The van der Waals surface area contributed by atoms with E-state index in [1.165, 1.54) is 0 Å². The van der Waals surface area contributed by atoms with Crippen molar-refractivity contribution >= 4 is 0 Å². The molecule has 0 aromatic heterocycles. The zero-order chi connectivity index (χ0) is 13.2. The smallest absolute Gasteiger partial charge is 0.0862 e. The molecule has 3 unspecified atom stereocenters. The van der Waals surface area contributed by atoms with Gasteiger partial charge in [0.15, 0.2) is 0 Å². The summed E-state index contributed by atoms with van der Waals surface area (Å²) >= 11 is 0. The Morgan fingerprint density at radius 2 is 1.28 bits per heavy atom. The van der Waals surface area contributed by atoms with Crippen molar-refractivity contribution in [3.63, 3.8) is 0 Å². The number of ether oxygens (including phenoxy) is 3. The maximum Gasteiger partial charge on any atom is 0.0862 e. The van der Waals surface area contributed by atoms with Crippen LogP contribution < -0.4 is 0 Å². The Balaban J connectivity index is 2.38. The van der Waals surface area contributed by atoms with Gasteiger partial charge >= 0.3 is 0 Å². The maximum absolute atomic E-state index is 8.80. The molecule has 0 heterocycles. The van der Waals surface area contributed by atoms with Gasteiger partial charge in [-0.3, -0.25) is 0 Å². The molecule has 0 amide bonds. The lowest BCUT2D eigenvalue weighted by molar-refractivity contribution is -0.133. The molecule has 0 saturated heterocycles. The van der Waals surface area contributed by atoms with Crippen molar-refractivity contribution in [3.05, 3.63) is 0 Å². The number of hydrogen-bond acceptors (Lipinski definition) is 6. The van der Waals surface area contributed by atoms with Crippen LogP contribution in [-0.4, -0.2) is 73.3 Å². The third-order valence-electron chi connectivity index (χ3n) is 2.97. The van der Waals surface area contributed by atoms with Gasteiger partial charge in [0.2, 0.25) is 0 Å². The van der Waals surface area contributed by atoms with Gasteiger partial charge in [-0.1, -0.05) is 0 Å². The minimum absolute atomic E-state index is 0.00629. The topological polar surface area (TPSA) is 88.4 Å². The van der Waals surface area contributed by atoms with Gasteiger partial charge in [-0.05, 0) is 12.8 Å². The predicted octanol–water partition coefficient (Wildman–Crippen LogP) is -0.697. The Hall–Kier alpha value is -0.240. The summed E-state index contributed by atoms with van der Waals surface area (Å²) in [4.78, 5) is 0. The summed E-state index contributed by atoms with van der Waals surface area (Å²) < 4.78 is 16.6. The lowest BCUT2D eigenvalue weighted by Gasteiger charge is -2.35. The molecule has 108 valence electrons. The molecule has 18 heavy (non-hydrogen) atoms. The van der Waals surface area contributed by atoms with E-state index in [9.17, 15) is 0 Å². The van der Waals surface area contributed by atoms with Crippen LogP contribution in [0.25, 0.3) is 0 Å². The van der Waals surface area contributed by atoms with Gasteiger partial charge < -0.3 is 29.5 Å². The van der Waals surface area contributed by atoms with Crippen molar-refractivity contribution in [1.29, 1.82) is 0 Å². The highest BCUT2D eigenvalue weighted by atomic mass is 16.6. The summed E-state index contributed by atoms with van der Waals surface area (Å²) in [6.07, 6.45) is 2.23. The highest BCUT2D eigenvalue weighted by molar-refractivity contribution is 4.82. The monoisotopic (exact) mass is 264 g/mol. The van der Waals surface area contributed by atoms with Crippen LogP contribution in [0.5, 0.6) is 0 Å².